The molecule has 2 amide bonds. The number of amides is 2. The predicted octanol–water partition coefficient (Wildman–Crippen LogP) is 3.32. The minimum absolute atomic E-state index is 0.0356. The van der Waals surface area contributed by atoms with Crippen LogP contribution in [0.1, 0.15) is 38.6 Å². The minimum Gasteiger partial charge on any atom is -0.479 e. The Hall–Kier alpha value is -3.76. The zero-order valence-electron chi connectivity index (χ0n) is 17.6. The van der Waals surface area contributed by atoms with Crippen LogP contribution in [0.25, 0.3) is 11.1 Å². The van der Waals surface area contributed by atoms with E-state index in [2.05, 4.69) is 27.9 Å². The van der Waals surface area contributed by atoms with Gasteiger partial charge in [0, 0.05) is 5.92 Å². The quantitative estimate of drug-likeness (QED) is 0.434. The lowest BCUT2D eigenvalue weighted by atomic mass is 9.98. The highest BCUT2D eigenvalue weighted by Gasteiger charge is 2.29. The second-order valence-corrected chi connectivity index (χ2v) is 8.44. The molecule has 1 atom stereocenters. The molecule has 10 heteroatoms. The van der Waals surface area contributed by atoms with Gasteiger partial charge in [0.15, 0.2) is 6.10 Å². The highest BCUT2D eigenvalue weighted by Crippen LogP contribution is 2.44. The maximum atomic E-state index is 12.3. The van der Waals surface area contributed by atoms with Crippen LogP contribution in [0, 0.1) is 0 Å². The molecule has 0 radical (unpaired) electrons. The van der Waals surface area contributed by atoms with Crippen LogP contribution in [0.15, 0.2) is 54.7 Å². The maximum Gasteiger partial charge on any atom is 0.407 e. The van der Waals surface area contributed by atoms with Gasteiger partial charge in [-0.25, -0.2) is 20.1 Å². The van der Waals surface area contributed by atoms with Gasteiger partial charge < -0.3 is 15.2 Å². The zero-order valence-corrected chi connectivity index (χ0v) is 18.4. The summed E-state index contributed by atoms with van der Waals surface area (Å²) in [7, 11) is 0. The molecule has 2 aromatic carbocycles. The summed E-state index contributed by atoms with van der Waals surface area (Å²) in [6.45, 7) is 1.57. The fourth-order valence-corrected chi connectivity index (χ4v) is 4.28. The number of rotatable bonds is 8. The largest absolute Gasteiger partial charge is 0.479 e. The number of alkyl carbamates (subject to hydrolysis) is 1. The number of hydrogen-bond donors (Lipinski definition) is 3. The summed E-state index contributed by atoms with van der Waals surface area (Å²) in [5.41, 5.74) is 6.62. The van der Waals surface area contributed by atoms with Crippen molar-refractivity contribution in [3.63, 3.8) is 0 Å². The third kappa shape index (κ3) is 5.02. The summed E-state index contributed by atoms with van der Waals surface area (Å²) in [6.07, 6.45) is -0.447. The van der Waals surface area contributed by atoms with Crippen molar-refractivity contribution in [1.82, 2.24) is 15.8 Å². The fourth-order valence-electron chi connectivity index (χ4n) is 3.54. The van der Waals surface area contributed by atoms with E-state index >= 15 is 0 Å². The highest BCUT2D eigenvalue weighted by molar-refractivity contribution is 7.13. The second kappa shape index (κ2) is 9.80. The van der Waals surface area contributed by atoms with E-state index in [1.807, 2.05) is 36.4 Å². The van der Waals surface area contributed by atoms with E-state index in [1.54, 1.807) is 0 Å². The van der Waals surface area contributed by atoms with E-state index in [1.165, 1.54) is 13.1 Å². The molecule has 0 spiro atoms. The summed E-state index contributed by atoms with van der Waals surface area (Å²) < 4.78 is 5.47. The molecule has 170 valence electrons. The van der Waals surface area contributed by atoms with Crippen LogP contribution < -0.4 is 10.8 Å². The molecule has 1 aliphatic carbocycles. The first kappa shape index (κ1) is 22.4. The minimum atomic E-state index is -1.20. The third-order valence-electron chi connectivity index (χ3n) is 5.18. The Kier molecular flexibility index (Phi) is 6.66. The molecule has 3 aromatic rings. The van der Waals surface area contributed by atoms with Crippen molar-refractivity contribution in [2.75, 3.05) is 6.61 Å². The molecule has 1 aliphatic rings. The van der Waals surface area contributed by atoms with Gasteiger partial charge in [-0.3, -0.25) is 9.63 Å². The van der Waals surface area contributed by atoms with Gasteiger partial charge >= 0.3 is 12.1 Å². The smallest absolute Gasteiger partial charge is 0.407 e. The highest BCUT2D eigenvalue weighted by atomic mass is 32.1. The van der Waals surface area contributed by atoms with Gasteiger partial charge in [-0.05, 0) is 29.2 Å². The third-order valence-corrected chi connectivity index (χ3v) is 6.18. The van der Waals surface area contributed by atoms with Gasteiger partial charge in [-0.15, -0.1) is 11.3 Å². The normalized spacial score (nSPS) is 13.0. The fraction of sp³-hybridized carbons (Fsp3) is 0.217. The number of aromatic nitrogens is 1. The molecule has 0 saturated heterocycles. The molecule has 1 aromatic heterocycles. The number of nitrogens with zero attached hydrogens (tertiary/aromatic N) is 1. The maximum absolute atomic E-state index is 12.3. The van der Waals surface area contributed by atoms with E-state index in [9.17, 15) is 14.4 Å². The number of benzene rings is 2. The van der Waals surface area contributed by atoms with E-state index < -0.39 is 24.1 Å². The second-order valence-electron chi connectivity index (χ2n) is 7.33. The lowest BCUT2D eigenvalue weighted by molar-refractivity contribution is -0.152. The molecular weight excluding hydrogens is 446 g/mol. The van der Waals surface area contributed by atoms with Crippen LogP contribution in [-0.4, -0.2) is 40.8 Å². The Bertz CT molecular complexity index is 1150. The number of hydroxylamine groups is 1. The molecule has 1 unspecified atom stereocenters. The molecule has 0 saturated carbocycles. The van der Waals surface area contributed by atoms with Crippen molar-refractivity contribution in [3.8, 4) is 11.1 Å². The van der Waals surface area contributed by atoms with Gasteiger partial charge in [0.2, 0.25) is 0 Å². The summed E-state index contributed by atoms with van der Waals surface area (Å²) in [6, 6.07) is 16.2. The SMILES string of the molecule is CC(ONC(=O)c1cnc(CNC(=O)OCC2c3ccccc3-c3ccccc32)s1)C(=O)O. The molecule has 0 bridgehead atoms. The molecule has 0 fully saturated rings. The molecule has 3 N–H and O–H groups in total. The van der Waals surface area contributed by atoms with Crippen molar-refractivity contribution in [1.29, 1.82) is 0 Å². The Morgan fingerprint density at radius 2 is 1.73 bits per heavy atom. The van der Waals surface area contributed by atoms with Gasteiger partial charge in [0.25, 0.3) is 5.91 Å². The van der Waals surface area contributed by atoms with Crippen molar-refractivity contribution in [3.05, 3.63) is 75.7 Å². The number of ether oxygens (including phenoxy) is 1. The molecule has 1 heterocycles. The lowest BCUT2D eigenvalue weighted by Crippen LogP contribution is -2.32. The average molecular weight is 468 g/mol. The number of carboxylic acid groups (broad SMARTS) is 1. The van der Waals surface area contributed by atoms with Gasteiger partial charge in [0.05, 0.1) is 12.7 Å². The number of fused-ring (bicyclic) bond motifs is 3. The number of carbonyl (C=O) groups excluding carboxylic acids is 2. The zero-order chi connectivity index (χ0) is 23.4. The molecular formula is C23H21N3O6S. The number of nitrogens with one attached hydrogen (secondary N) is 2. The Labute approximate surface area is 193 Å². The number of aliphatic carboxylic acids is 1. The van der Waals surface area contributed by atoms with E-state index in [0.29, 0.717) is 5.01 Å². The molecule has 9 nitrogen and oxygen atoms in total. The molecule has 33 heavy (non-hydrogen) atoms. The number of carboxylic acids is 1. The summed E-state index contributed by atoms with van der Waals surface area (Å²) in [5, 5.41) is 11.9. The van der Waals surface area contributed by atoms with E-state index in [-0.39, 0.29) is 23.9 Å². The van der Waals surface area contributed by atoms with Gasteiger partial charge in [-0.2, -0.15) is 0 Å². The summed E-state index contributed by atoms with van der Waals surface area (Å²) >= 11 is 1.05. The number of thiazole rings is 1. The average Bonchev–Trinajstić information content (AvgIpc) is 3.42. The molecule has 0 aliphatic heterocycles. The first-order valence-corrected chi connectivity index (χ1v) is 11.0. The standard InChI is InChI=1S/C23H21N3O6S/c1-13(22(28)29)32-26-21(27)19-10-24-20(33-19)11-25-23(30)31-12-18-16-8-4-2-6-14(16)15-7-3-5-9-17(15)18/h2-10,13,18H,11-12H2,1H3,(H,25,30)(H,26,27)(H,28,29). The molecule has 4 rings (SSSR count). The Morgan fingerprint density at radius 3 is 2.36 bits per heavy atom. The van der Waals surface area contributed by atoms with Crippen LogP contribution in [0.4, 0.5) is 4.79 Å². The lowest BCUT2D eigenvalue weighted by Gasteiger charge is -2.14. The summed E-state index contributed by atoms with van der Waals surface area (Å²) in [5.74, 6) is -1.85. The van der Waals surface area contributed by atoms with Crippen molar-refractivity contribution in [2.45, 2.75) is 25.5 Å². The van der Waals surface area contributed by atoms with Crippen molar-refractivity contribution >= 4 is 29.3 Å². The number of hydrogen-bond acceptors (Lipinski definition) is 7. The van der Waals surface area contributed by atoms with Crippen LogP contribution >= 0.6 is 11.3 Å². The first-order chi connectivity index (χ1) is 15.9. The van der Waals surface area contributed by atoms with Crippen molar-refractivity contribution in [2.24, 2.45) is 0 Å². The predicted molar refractivity (Wildman–Crippen MR) is 120 cm³/mol. The monoisotopic (exact) mass is 467 g/mol. The van der Waals surface area contributed by atoms with Gasteiger partial charge in [-0.1, -0.05) is 48.5 Å². The van der Waals surface area contributed by atoms with Gasteiger partial charge in [0.1, 0.15) is 16.5 Å². The Balaban J connectivity index is 1.29. The van der Waals surface area contributed by atoms with Crippen LogP contribution in [0.2, 0.25) is 0 Å². The van der Waals surface area contributed by atoms with Crippen LogP contribution in [0.5, 0.6) is 0 Å². The van der Waals surface area contributed by atoms with Crippen LogP contribution in [0.3, 0.4) is 0 Å². The Morgan fingerprint density at radius 1 is 1.09 bits per heavy atom. The van der Waals surface area contributed by atoms with E-state index in [4.69, 9.17) is 14.7 Å². The van der Waals surface area contributed by atoms with Crippen LogP contribution in [-0.2, 0) is 20.9 Å². The topological polar surface area (TPSA) is 127 Å². The van der Waals surface area contributed by atoms with Crippen molar-refractivity contribution < 1.29 is 29.1 Å². The first-order valence-electron chi connectivity index (χ1n) is 10.2. The summed E-state index contributed by atoms with van der Waals surface area (Å²) in [4.78, 5) is 44.0. The van der Waals surface area contributed by atoms with E-state index in [0.717, 1.165) is 33.6 Å². The number of carbonyl (C=O) groups is 3.